The summed E-state index contributed by atoms with van der Waals surface area (Å²) in [5.41, 5.74) is 1.49. The topological polar surface area (TPSA) is 67.2 Å². The number of urea groups is 1. The monoisotopic (exact) mass is 356 g/mol. The Labute approximate surface area is 150 Å². The zero-order valence-electron chi connectivity index (χ0n) is 14.5. The highest BCUT2D eigenvalue weighted by Crippen LogP contribution is 2.56. The highest BCUT2D eigenvalue weighted by atomic mass is 19.1. The molecule has 2 aromatic rings. The lowest BCUT2D eigenvalue weighted by molar-refractivity contribution is -0.0536. The summed E-state index contributed by atoms with van der Waals surface area (Å²) in [4.78, 5) is 16.6. The van der Waals surface area contributed by atoms with E-state index in [1.54, 1.807) is 11.0 Å². The molecule has 1 aromatic carbocycles. The first-order valence-electron chi connectivity index (χ1n) is 9.14. The molecule has 0 radical (unpaired) electrons. The van der Waals surface area contributed by atoms with Crippen LogP contribution in [0.1, 0.15) is 36.8 Å². The summed E-state index contributed by atoms with van der Waals surface area (Å²) in [5, 5.41) is 11.3. The SMILES string of the molecule is O=C(N1CC[C@H](n2cnnn2)C1)N1CC2(CC(c3ccc(F)cc3)C2)C1. The maximum Gasteiger partial charge on any atom is 0.320 e. The lowest BCUT2D eigenvalue weighted by Gasteiger charge is -2.59. The third-order valence-electron chi connectivity index (χ3n) is 6.20. The molecule has 26 heavy (non-hydrogen) atoms. The van der Waals surface area contributed by atoms with Crippen molar-refractivity contribution in [2.24, 2.45) is 5.41 Å². The Morgan fingerprint density at radius 1 is 1.15 bits per heavy atom. The van der Waals surface area contributed by atoms with Crippen LogP contribution in [-0.4, -0.2) is 62.2 Å². The normalized spacial score (nSPS) is 24.6. The van der Waals surface area contributed by atoms with Gasteiger partial charge in [-0.25, -0.2) is 13.9 Å². The molecule has 3 aliphatic rings. The van der Waals surface area contributed by atoms with Crippen molar-refractivity contribution in [2.75, 3.05) is 26.2 Å². The largest absolute Gasteiger partial charge is 0.323 e. The molecule has 5 rings (SSSR count). The van der Waals surface area contributed by atoms with E-state index in [0.717, 1.165) is 38.9 Å². The molecule has 136 valence electrons. The Morgan fingerprint density at radius 2 is 1.92 bits per heavy atom. The van der Waals surface area contributed by atoms with Crippen molar-refractivity contribution in [3.63, 3.8) is 0 Å². The van der Waals surface area contributed by atoms with E-state index in [2.05, 4.69) is 15.5 Å². The Morgan fingerprint density at radius 3 is 2.62 bits per heavy atom. The summed E-state index contributed by atoms with van der Waals surface area (Å²) in [6.45, 7) is 3.11. The summed E-state index contributed by atoms with van der Waals surface area (Å²) in [7, 11) is 0. The molecule has 2 aliphatic heterocycles. The van der Waals surface area contributed by atoms with Gasteiger partial charge in [-0.05, 0) is 53.3 Å². The van der Waals surface area contributed by atoms with E-state index >= 15 is 0 Å². The second kappa shape index (κ2) is 5.75. The summed E-state index contributed by atoms with van der Waals surface area (Å²) in [6, 6.07) is 7.15. The van der Waals surface area contributed by atoms with Crippen molar-refractivity contribution in [3.8, 4) is 0 Å². The van der Waals surface area contributed by atoms with Crippen LogP contribution in [0, 0.1) is 11.2 Å². The van der Waals surface area contributed by atoms with Crippen LogP contribution in [-0.2, 0) is 0 Å². The van der Waals surface area contributed by atoms with Gasteiger partial charge in [0.2, 0.25) is 0 Å². The van der Waals surface area contributed by atoms with Gasteiger partial charge in [-0.1, -0.05) is 12.1 Å². The molecular formula is C18H21FN6O. The molecule has 1 aliphatic carbocycles. The van der Waals surface area contributed by atoms with Gasteiger partial charge in [0.05, 0.1) is 6.04 Å². The maximum absolute atomic E-state index is 13.0. The molecule has 1 atom stereocenters. The second-order valence-electron chi connectivity index (χ2n) is 7.97. The fraction of sp³-hybridized carbons (Fsp3) is 0.556. The molecule has 7 nitrogen and oxygen atoms in total. The number of rotatable bonds is 2. The van der Waals surface area contributed by atoms with Gasteiger partial charge in [-0.15, -0.1) is 5.10 Å². The van der Waals surface area contributed by atoms with E-state index in [4.69, 9.17) is 0 Å². The molecular weight excluding hydrogens is 335 g/mol. The minimum absolute atomic E-state index is 0.136. The predicted octanol–water partition coefficient (Wildman–Crippen LogP) is 2.06. The number of hydrogen-bond donors (Lipinski definition) is 0. The Balaban J connectivity index is 1.13. The zero-order valence-corrected chi connectivity index (χ0v) is 14.5. The molecule has 2 saturated heterocycles. The van der Waals surface area contributed by atoms with Gasteiger partial charge >= 0.3 is 6.03 Å². The zero-order chi connectivity index (χ0) is 17.7. The van der Waals surface area contributed by atoms with Crippen molar-refractivity contribution in [1.29, 1.82) is 0 Å². The van der Waals surface area contributed by atoms with Crippen molar-refractivity contribution in [3.05, 3.63) is 42.0 Å². The van der Waals surface area contributed by atoms with Crippen molar-refractivity contribution in [1.82, 2.24) is 30.0 Å². The second-order valence-corrected chi connectivity index (χ2v) is 7.97. The quantitative estimate of drug-likeness (QED) is 0.826. The Hall–Kier alpha value is -2.51. The number of nitrogens with zero attached hydrogens (tertiary/aromatic N) is 6. The summed E-state index contributed by atoms with van der Waals surface area (Å²) >= 11 is 0. The molecule has 3 fully saturated rings. The fourth-order valence-electron chi connectivity index (χ4n) is 4.78. The van der Waals surface area contributed by atoms with E-state index in [1.165, 1.54) is 17.7 Å². The van der Waals surface area contributed by atoms with Gasteiger partial charge in [0.1, 0.15) is 12.1 Å². The lowest BCUT2D eigenvalue weighted by atomic mass is 9.56. The number of tetrazole rings is 1. The Bertz CT molecular complexity index is 794. The highest BCUT2D eigenvalue weighted by Gasteiger charge is 2.54. The standard InChI is InChI=1S/C18H21FN6O/c19-15-3-1-13(2-4-15)14-7-18(8-14)10-24(11-18)17(26)23-6-5-16(9-23)25-12-20-21-22-25/h1-4,12,14,16H,5-11H2/t16-/m0/s1. The molecule has 3 heterocycles. The molecule has 0 bridgehead atoms. The molecule has 0 unspecified atom stereocenters. The molecule has 1 saturated carbocycles. The molecule has 8 heteroatoms. The maximum atomic E-state index is 13.0. The van der Waals surface area contributed by atoms with Gasteiger partial charge in [0.25, 0.3) is 0 Å². The van der Waals surface area contributed by atoms with Crippen LogP contribution in [0.15, 0.2) is 30.6 Å². The van der Waals surface area contributed by atoms with Crippen LogP contribution >= 0.6 is 0 Å². The molecule has 1 aromatic heterocycles. The van der Waals surface area contributed by atoms with E-state index in [9.17, 15) is 9.18 Å². The smallest absolute Gasteiger partial charge is 0.320 e. The number of aromatic nitrogens is 4. The average Bonchev–Trinajstić information content (AvgIpc) is 3.25. The number of carbonyl (C=O) groups excluding carboxylic acids is 1. The predicted molar refractivity (Wildman–Crippen MR) is 90.8 cm³/mol. The van der Waals surface area contributed by atoms with Crippen LogP contribution in [0.25, 0.3) is 0 Å². The minimum Gasteiger partial charge on any atom is -0.323 e. The lowest BCUT2D eigenvalue weighted by Crippen LogP contribution is -2.65. The summed E-state index contributed by atoms with van der Waals surface area (Å²) in [5.74, 6) is 0.317. The number of likely N-dealkylation sites (tertiary alicyclic amines) is 2. The summed E-state index contributed by atoms with van der Waals surface area (Å²) < 4.78 is 14.8. The molecule has 1 spiro atoms. The van der Waals surface area contributed by atoms with Crippen LogP contribution < -0.4 is 0 Å². The van der Waals surface area contributed by atoms with Crippen LogP contribution in [0.5, 0.6) is 0 Å². The minimum atomic E-state index is -0.186. The summed E-state index contributed by atoms with van der Waals surface area (Å²) in [6.07, 6.45) is 4.69. The molecule has 0 N–H and O–H groups in total. The van der Waals surface area contributed by atoms with Crippen molar-refractivity contribution in [2.45, 2.75) is 31.2 Å². The van der Waals surface area contributed by atoms with E-state index in [-0.39, 0.29) is 23.3 Å². The number of benzene rings is 1. The third-order valence-corrected chi connectivity index (χ3v) is 6.20. The first-order chi connectivity index (χ1) is 12.6. The fourth-order valence-corrected chi connectivity index (χ4v) is 4.78. The highest BCUT2D eigenvalue weighted by molar-refractivity contribution is 5.76. The first-order valence-corrected chi connectivity index (χ1v) is 9.14. The van der Waals surface area contributed by atoms with Crippen LogP contribution in [0.4, 0.5) is 9.18 Å². The van der Waals surface area contributed by atoms with Gasteiger partial charge in [0.15, 0.2) is 0 Å². The van der Waals surface area contributed by atoms with Crippen molar-refractivity contribution < 1.29 is 9.18 Å². The number of amides is 2. The first kappa shape index (κ1) is 15.7. The van der Waals surface area contributed by atoms with Gasteiger partial charge in [-0.3, -0.25) is 0 Å². The van der Waals surface area contributed by atoms with Crippen molar-refractivity contribution >= 4 is 6.03 Å². The van der Waals surface area contributed by atoms with E-state index < -0.39 is 0 Å². The number of halogens is 1. The van der Waals surface area contributed by atoms with E-state index in [0.29, 0.717) is 12.5 Å². The third kappa shape index (κ3) is 2.55. The van der Waals surface area contributed by atoms with E-state index in [1.807, 2.05) is 21.9 Å². The number of carbonyl (C=O) groups is 1. The Kier molecular flexibility index (Phi) is 3.48. The average molecular weight is 356 g/mol. The number of hydrogen-bond acceptors (Lipinski definition) is 4. The van der Waals surface area contributed by atoms with Gasteiger partial charge < -0.3 is 9.80 Å². The molecule has 2 amide bonds. The van der Waals surface area contributed by atoms with Gasteiger partial charge in [0, 0.05) is 31.6 Å². The van der Waals surface area contributed by atoms with Crippen LogP contribution in [0.3, 0.4) is 0 Å². The van der Waals surface area contributed by atoms with Crippen LogP contribution in [0.2, 0.25) is 0 Å². The van der Waals surface area contributed by atoms with Gasteiger partial charge in [-0.2, -0.15) is 0 Å².